The van der Waals surface area contributed by atoms with Crippen molar-refractivity contribution in [3.63, 3.8) is 0 Å². The third-order valence-electron chi connectivity index (χ3n) is 4.65. The molecule has 0 radical (unpaired) electrons. The molecule has 7 heteroatoms. The predicted octanol–water partition coefficient (Wildman–Crippen LogP) is 2.28. The van der Waals surface area contributed by atoms with E-state index in [0.29, 0.717) is 29.7 Å². The summed E-state index contributed by atoms with van der Waals surface area (Å²) in [4.78, 5) is 26.8. The Balaban J connectivity index is 1.95. The number of amides is 2. The highest BCUT2D eigenvalue weighted by Gasteiger charge is 2.22. The van der Waals surface area contributed by atoms with Crippen LogP contribution in [-0.4, -0.2) is 55.4 Å². The van der Waals surface area contributed by atoms with Gasteiger partial charge in [-0.1, -0.05) is 11.6 Å². The first-order valence-electron chi connectivity index (χ1n) is 8.97. The summed E-state index contributed by atoms with van der Waals surface area (Å²) in [5, 5.41) is 0.636. The van der Waals surface area contributed by atoms with Crippen LogP contribution >= 0.6 is 11.6 Å². The number of carbonyl (C=O) groups excluding carboxylic acids is 2. The minimum absolute atomic E-state index is 0.149. The van der Waals surface area contributed by atoms with Gasteiger partial charge in [0.1, 0.15) is 5.75 Å². The van der Waals surface area contributed by atoms with Gasteiger partial charge in [-0.2, -0.15) is 0 Å². The first-order chi connectivity index (χ1) is 12.3. The number of primary amides is 1. The number of ether oxygens (including phenoxy) is 1. The van der Waals surface area contributed by atoms with Crippen LogP contribution in [-0.2, 0) is 16.1 Å². The van der Waals surface area contributed by atoms with Crippen molar-refractivity contribution in [2.24, 2.45) is 11.7 Å². The maximum atomic E-state index is 11.8. The van der Waals surface area contributed by atoms with E-state index in [1.807, 2.05) is 6.07 Å². The molecule has 1 aromatic carbocycles. The zero-order valence-corrected chi connectivity index (χ0v) is 16.3. The van der Waals surface area contributed by atoms with Crippen molar-refractivity contribution in [3.05, 3.63) is 28.8 Å². The summed E-state index contributed by atoms with van der Waals surface area (Å²) in [7, 11) is 3.59. The van der Waals surface area contributed by atoms with E-state index in [4.69, 9.17) is 22.1 Å². The lowest BCUT2D eigenvalue weighted by molar-refractivity contribution is -0.129. The number of piperidine rings is 1. The normalized spacial score (nSPS) is 17.7. The van der Waals surface area contributed by atoms with Crippen molar-refractivity contribution in [1.82, 2.24) is 9.80 Å². The van der Waals surface area contributed by atoms with Gasteiger partial charge in [0.15, 0.2) is 6.61 Å². The third-order valence-corrected chi connectivity index (χ3v) is 4.89. The minimum Gasteiger partial charge on any atom is -0.483 e. The maximum absolute atomic E-state index is 11.8. The molecule has 2 N–H and O–H groups in total. The minimum atomic E-state index is -0.505. The molecule has 0 aliphatic carbocycles. The van der Waals surface area contributed by atoms with E-state index in [0.717, 1.165) is 37.9 Å². The van der Waals surface area contributed by atoms with E-state index >= 15 is 0 Å². The van der Waals surface area contributed by atoms with Crippen molar-refractivity contribution in [3.8, 4) is 5.75 Å². The molecule has 0 spiro atoms. The number of benzene rings is 1. The van der Waals surface area contributed by atoms with E-state index < -0.39 is 5.91 Å². The van der Waals surface area contributed by atoms with Gasteiger partial charge >= 0.3 is 0 Å². The Labute approximate surface area is 160 Å². The van der Waals surface area contributed by atoms with Crippen molar-refractivity contribution < 1.29 is 14.3 Å². The number of nitrogens with two attached hydrogens (primary N) is 1. The topological polar surface area (TPSA) is 75.9 Å². The van der Waals surface area contributed by atoms with Gasteiger partial charge in [0.05, 0.1) is 0 Å². The number of hydrogen-bond donors (Lipinski definition) is 1. The Morgan fingerprint density at radius 2 is 2.15 bits per heavy atom. The first kappa shape index (κ1) is 20.5. The van der Waals surface area contributed by atoms with Crippen LogP contribution < -0.4 is 10.5 Å². The Bertz CT molecular complexity index is 636. The number of nitrogens with zero attached hydrogens (tertiary/aromatic N) is 2. The van der Waals surface area contributed by atoms with Gasteiger partial charge < -0.3 is 15.4 Å². The quantitative estimate of drug-likeness (QED) is 0.749. The van der Waals surface area contributed by atoms with E-state index in [9.17, 15) is 9.59 Å². The highest BCUT2D eigenvalue weighted by molar-refractivity contribution is 6.30. The molecule has 2 amide bonds. The Kier molecular flexibility index (Phi) is 7.72. The lowest BCUT2D eigenvalue weighted by Gasteiger charge is -2.33. The number of halogens is 1. The van der Waals surface area contributed by atoms with Crippen LogP contribution in [0.15, 0.2) is 18.2 Å². The largest absolute Gasteiger partial charge is 0.483 e. The van der Waals surface area contributed by atoms with E-state index in [1.54, 1.807) is 31.1 Å². The fourth-order valence-electron chi connectivity index (χ4n) is 3.28. The molecule has 6 nitrogen and oxygen atoms in total. The molecule has 1 saturated heterocycles. The lowest BCUT2D eigenvalue weighted by atomic mass is 9.93. The number of rotatable bonds is 8. The second-order valence-electron chi connectivity index (χ2n) is 7.08. The summed E-state index contributed by atoms with van der Waals surface area (Å²) in [6.07, 6.45) is 3.76. The maximum Gasteiger partial charge on any atom is 0.255 e. The van der Waals surface area contributed by atoms with Gasteiger partial charge in [-0.05, 0) is 49.9 Å². The van der Waals surface area contributed by atoms with Gasteiger partial charge in [-0.3, -0.25) is 14.5 Å². The van der Waals surface area contributed by atoms with Gasteiger partial charge in [-0.15, -0.1) is 0 Å². The lowest BCUT2D eigenvalue weighted by Crippen LogP contribution is -2.35. The van der Waals surface area contributed by atoms with Crippen LogP contribution in [0.4, 0.5) is 0 Å². The average Bonchev–Trinajstić information content (AvgIpc) is 2.59. The molecule has 2 rings (SSSR count). The first-order valence-corrected chi connectivity index (χ1v) is 9.35. The average molecular weight is 382 g/mol. The second-order valence-corrected chi connectivity index (χ2v) is 7.51. The molecule has 1 heterocycles. The fourth-order valence-corrected chi connectivity index (χ4v) is 3.48. The molecular weight excluding hydrogens is 354 g/mol. The molecule has 0 saturated carbocycles. The van der Waals surface area contributed by atoms with Gasteiger partial charge in [-0.25, -0.2) is 0 Å². The molecule has 0 aromatic heterocycles. The second kappa shape index (κ2) is 9.78. The Morgan fingerprint density at radius 1 is 1.38 bits per heavy atom. The van der Waals surface area contributed by atoms with Crippen LogP contribution in [0.3, 0.4) is 0 Å². The van der Waals surface area contributed by atoms with E-state index in [2.05, 4.69) is 4.90 Å². The predicted molar refractivity (Wildman–Crippen MR) is 102 cm³/mol. The molecule has 1 aliphatic rings. The monoisotopic (exact) mass is 381 g/mol. The highest BCUT2D eigenvalue weighted by Crippen LogP contribution is 2.28. The standard InChI is InChI=1S/C19H28ClN3O3/c1-22(2)19(25)8-5-14-4-3-9-23(11-14)12-15-10-16(20)6-7-17(15)26-13-18(21)24/h6-7,10,14H,3-5,8-9,11-13H2,1-2H3,(H2,21,24)/t14-/m1/s1. The van der Waals surface area contributed by atoms with Crippen LogP contribution in [0.1, 0.15) is 31.2 Å². The summed E-state index contributed by atoms with van der Waals surface area (Å²) in [5.74, 6) is 0.827. The number of carbonyl (C=O) groups is 2. The van der Waals surface area contributed by atoms with Crippen LogP contribution in [0.5, 0.6) is 5.75 Å². The molecule has 26 heavy (non-hydrogen) atoms. The van der Waals surface area contributed by atoms with Crippen LogP contribution in [0.25, 0.3) is 0 Å². The van der Waals surface area contributed by atoms with Gasteiger partial charge in [0, 0.05) is 44.2 Å². The van der Waals surface area contributed by atoms with Crippen molar-refractivity contribution in [2.75, 3.05) is 33.8 Å². The Hall–Kier alpha value is -1.79. The molecule has 1 atom stereocenters. The fraction of sp³-hybridized carbons (Fsp3) is 0.579. The van der Waals surface area contributed by atoms with Crippen molar-refractivity contribution in [2.45, 2.75) is 32.2 Å². The van der Waals surface area contributed by atoms with Crippen molar-refractivity contribution in [1.29, 1.82) is 0 Å². The van der Waals surface area contributed by atoms with Crippen LogP contribution in [0.2, 0.25) is 5.02 Å². The summed E-state index contributed by atoms with van der Waals surface area (Å²) in [6.45, 7) is 2.50. The van der Waals surface area contributed by atoms with Crippen LogP contribution in [0, 0.1) is 5.92 Å². The molecule has 0 bridgehead atoms. The smallest absolute Gasteiger partial charge is 0.255 e. The molecule has 1 fully saturated rings. The summed E-state index contributed by atoms with van der Waals surface area (Å²) in [5.41, 5.74) is 6.12. The third kappa shape index (κ3) is 6.50. The van der Waals surface area contributed by atoms with Gasteiger partial charge in [0.25, 0.3) is 5.91 Å². The zero-order valence-electron chi connectivity index (χ0n) is 15.5. The molecule has 0 unspecified atom stereocenters. The molecule has 1 aromatic rings. The molecular formula is C19H28ClN3O3. The molecule has 1 aliphatic heterocycles. The number of likely N-dealkylation sites (tertiary alicyclic amines) is 1. The number of hydrogen-bond acceptors (Lipinski definition) is 4. The molecule has 144 valence electrons. The Morgan fingerprint density at radius 3 is 2.85 bits per heavy atom. The van der Waals surface area contributed by atoms with E-state index in [-0.39, 0.29) is 12.5 Å². The van der Waals surface area contributed by atoms with Crippen molar-refractivity contribution >= 4 is 23.4 Å². The van der Waals surface area contributed by atoms with Gasteiger partial charge in [0.2, 0.25) is 5.91 Å². The SMILES string of the molecule is CN(C)C(=O)CC[C@H]1CCCN(Cc2cc(Cl)ccc2OCC(N)=O)C1. The highest BCUT2D eigenvalue weighted by atomic mass is 35.5. The van der Waals surface area contributed by atoms with E-state index in [1.165, 1.54) is 0 Å². The summed E-state index contributed by atoms with van der Waals surface area (Å²) in [6, 6.07) is 5.39. The summed E-state index contributed by atoms with van der Waals surface area (Å²) < 4.78 is 5.52. The summed E-state index contributed by atoms with van der Waals surface area (Å²) >= 11 is 6.13. The zero-order chi connectivity index (χ0) is 19.1.